The lowest BCUT2D eigenvalue weighted by atomic mass is 10.1. The Kier molecular flexibility index (Phi) is 5.51. The fraction of sp³-hybridized carbons (Fsp3) is 0.625. The number of pyridine rings is 1. The topological polar surface area (TPSA) is 54.0 Å². The third kappa shape index (κ3) is 4.37. The second-order valence-corrected chi connectivity index (χ2v) is 6.86. The molecular weight excluding hydrogens is 282 g/mol. The predicted molar refractivity (Wildman–Crippen MR) is 90.2 cm³/mol. The highest BCUT2D eigenvalue weighted by atomic mass is 32.2. The van der Waals surface area contributed by atoms with Crippen LogP contribution in [-0.2, 0) is 6.42 Å². The van der Waals surface area contributed by atoms with Crippen LogP contribution in [0.3, 0.4) is 0 Å². The van der Waals surface area contributed by atoms with E-state index in [1.807, 2.05) is 30.8 Å². The summed E-state index contributed by atoms with van der Waals surface area (Å²) in [6, 6.07) is 3.76. The quantitative estimate of drug-likeness (QED) is 0.775. The molecule has 0 unspecified atom stereocenters. The molecule has 2 rings (SSSR count). The van der Waals surface area contributed by atoms with Crippen molar-refractivity contribution in [1.29, 1.82) is 0 Å². The smallest absolute Gasteiger partial charge is 0.251 e. The molecule has 1 amide bonds. The standard InChI is InChI=1S/C16H25N3OS/c1-4-6-13-9-12(10-14(19-13)17-5-2)15(20)18-11-16(21-3)7-8-16/h9-10H,4-8,11H2,1-3H3,(H,17,19)(H,18,20). The molecule has 1 aromatic heterocycles. The van der Waals surface area contributed by atoms with Crippen molar-refractivity contribution in [1.82, 2.24) is 10.3 Å². The summed E-state index contributed by atoms with van der Waals surface area (Å²) in [5.41, 5.74) is 1.69. The van der Waals surface area contributed by atoms with Crippen molar-refractivity contribution in [3.05, 3.63) is 23.4 Å². The Balaban J connectivity index is 2.07. The molecule has 21 heavy (non-hydrogen) atoms. The van der Waals surface area contributed by atoms with E-state index in [1.165, 1.54) is 12.8 Å². The van der Waals surface area contributed by atoms with Gasteiger partial charge in [0, 0.05) is 29.1 Å². The number of carbonyl (C=O) groups excluding carboxylic acids is 1. The van der Waals surface area contributed by atoms with Crippen molar-refractivity contribution < 1.29 is 4.79 Å². The van der Waals surface area contributed by atoms with Crippen LogP contribution in [0.15, 0.2) is 12.1 Å². The van der Waals surface area contributed by atoms with Gasteiger partial charge >= 0.3 is 0 Å². The molecule has 0 aliphatic heterocycles. The van der Waals surface area contributed by atoms with Gasteiger partial charge in [-0.2, -0.15) is 11.8 Å². The highest BCUT2D eigenvalue weighted by Crippen LogP contribution is 2.46. The normalized spacial score (nSPS) is 15.6. The first-order valence-electron chi connectivity index (χ1n) is 7.70. The highest BCUT2D eigenvalue weighted by Gasteiger charge is 2.41. The van der Waals surface area contributed by atoms with Gasteiger partial charge in [-0.1, -0.05) is 13.3 Å². The number of carbonyl (C=O) groups is 1. The van der Waals surface area contributed by atoms with Crippen molar-refractivity contribution in [2.45, 2.75) is 44.3 Å². The molecule has 0 bridgehead atoms. The number of aryl methyl sites for hydroxylation is 1. The number of thioether (sulfide) groups is 1. The zero-order valence-electron chi connectivity index (χ0n) is 13.2. The molecule has 1 fully saturated rings. The van der Waals surface area contributed by atoms with Crippen LogP contribution in [0.2, 0.25) is 0 Å². The second kappa shape index (κ2) is 7.16. The van der Waals surface area contributed by atoms with Crippen LogP contribution >= 0.6 is 11.8 Å². The maximum absolute atomic E-state index is 12.4. The van der Waals surface area contributed by atoms with Crippen LogP contribution in [0.25, 0.3) is 0 Å². The summed E-state index contributed by atoms with van der Waals surface area (Å²) >= 11 is 1.86. The second-order valence-electron chi connectivity index (χ2n) is 5.58. The van der Waals surface area contributed by atoms with Gasteiger partial charge in [-0.25, -0.2) is 4.98 Å². The van der Waals surface area contributed by atoms with E-state index in [9.17, 15) is 4.79 Å². The Morgan fingerprint density at radius 2 is 2.14 bits per heavy atom. The zero-order chi connectivity index (χ0) is 15.3. The average Bonchev–Trinajstić information content (AvgIpc) is 3.26. The van der Waals surface area contributed by atoms with Gasteiger partial charge in [0.25, 0.3) is 5.91 Å². The minimum atomic E-state index is 0.00855. The largest absolute Gasteiger partial charge is 0.370 e. The average molecular weight is 307 g/mol. The molecule has 1 aliphatic rings. The molecule has 5 heteroatoms. The number of amides is 1. The van der Waals surface area contributed by atoms with Gasteiger partial charge in [0.15, 0.2) is 0 Å². The van der Waals surface area contributed by atoms with E-state index in [0.29, 0.717) is 10.3 Å². The molecule has 1 saturated carbocycles. The van der Waals surface area contributed by atoms with E-state index in [2.05, 4.69) is 28.8 Å². The third-order valence-corrected chi connectivity index (χ3v) is 5.24. The van der Waals surface area contributed by atoms with Gasteiger partial charge in [-0.3, -0.25) is 4.79 Å². The summed E-state index contributed by atoms with van der Waals surface area (Å²) in [4.78, 5) is 16.9. The summed E-state index contributed by atoms with van der Waals surface area (Å²) in [6.07, 6.45) is 6.45. The van der Waals surface area contributed by atoms with Crippen LogP contribution in [-0.4, -0.2) is 35.0 Å². The fourth-order valence-electron chi connectivity index (χ4n) is 2.31. The van der Waals surface area contributed by atoms with Crippen LogP contribution in [0.5, 0.6) is 0 Å². The van der Waals surface area contributed by atoms with Crippen LogP contribution in [0.1, 0.15) is 49.2 Å². The number of nitrogens with zero attached hydrogens (tertiary/aromatic N) is 1. The lowest BCUT2D eigenvalue weighted by Crippen LogP contribution is -2.31. The maximum atomic E-state index is 12.4. The summed E-state index contributed by atoms with van der Waals surface area (Å²) in [6.45, 7) is 5.72. The first-order valence-corrected chi connectivity index (χ1v) is 8.93. The van der Waals surface area contributed by atoms with E-state index in [-0.39, 0.29) is 5.91 Å². The van der Waals surface area contributed by atoms with E-state index in [1.54, 1.807) is 0 Å². The van der Waals surface area contributed by atoms with Gasteiger partial charge in [-0.15, -0.1) is 0 Å². The van der Waals surface area contributed by atoms with Gasteiger partial charge in [0.2, 0.25) is 0 Å². The molecule has 0 atom stereocenters. The lowest BCUT2D eigenvalue weighted by Gasteiger charge is -2.14. The van der Waals surface area contributed by atoms with Crippen molar-refractivity contribution in [3.63, 3.8) is 0 Å². The summed E-state index contributed by atoms with van der Waals surface area (Å²) in [7, 11) is 0. The van der Waals surface area contributed by atoms with Crippen LogP contribution in [0, 0.1) is 0 Å². The number of hydrogen-bond acceptors (Lipinski definition) is 4. The molecule has 0 saturated heterocycles. The van der Waals surface area contributed by atoms with Gasteiger partial charge in [0.1, 0.15) is 5.82 Å². The van der Waals surface area contributed by atoms with E-state index < -0.39 is 0 Å². The SMILES string of the molecule is CCCc1cc(C(=O)NCC2(SC)CC2)cc(NCC)n1. The molecule has 1 heterocycles. The minimum Gasteiger partial charge on any atom is -0.370 e. The summed E-state index contributed by atoms with van der Waals surface area (Å²) in [5, 5.41) is 6.28. The van der Waals surface area contributed by atoms with Gasteiger partial charge < -0.3 is 10.6 Å². The Labute approximate surface area is 131 Å². The number of anilines is 1. The number of nitrogens with one attached hydrogen (secondary N) is 2. The summed E-state index contributed by atoms with van der Waals surface area (Å²) < 4.78 is 0.291. The molecule has 4 nitrogen and oxygen atoms in total. The molecule has 0 radical (unpaired) electrons. The molecule has 116 valence electrons. The molecule has 1 aliphatic carbocycles. The Morgan fingerprint density at radius 3 is 2.71 bits per heavy atom. The predicted octanol–water partition coefficient (Wildman–Crippen LogP) is 3.09. The zero-order valence-corrected chi connectivity index (χ0v) is 14.0. The third-order valence-electron chi connectivity index (χ3n) is 3.82. The Hall–Kier alpha value is -1.23. The monoisotopic (exact) mass is 307 g/mol. The van der Waals surface area contributed by atoms with E-state index >= 15 is 0 Å². The fourth-order valence-corrected chi connectivity index (χ4v) is 3.04. The summed E-state index contributed by atoms with van der Waals surface area (Å²) in [5.74, 6) is 0.800. The van der Waals surface area contributed by atoms with Crippen molar-refractivity contribution >= 4 is 23.5 Å². The number of hydrogen-bond donors (Lipinski definition) is 2. The van der Waals surface area contributed by atoms with E-state index in [0.717, 1.165) is 37.4 Å². The molecule has 1 aromatic rings. The van der Waals surface area contributed by atoms with Crippen LogP contribution in [0.4, 0.5) is 5.82 Å². The molecule has 0 aromatic carbocycles. The minimum absolute atomic E-state index is 0.00855. The van der Waals surface area contributed by atoms with E-state index in [4.69, 9.17) is 0 Å². The van der Waals surface area contributed by atoms with Crippen molar-refractivity contribution in [3.8, 4) is 0 Å². The number of rotatable bonds is 8. The van der Waals surface area contributed by atoms with Crippen LogP contribution < -0.4 is 10.6 Å². The molecular formula is C16H25N3OS. The van der Waals surface area contributed by atoms with Crippen molar-refractivity contribution in [2.24, 2.45) is 0 Å². The molecule has 2 N–H and O–H groups in total. The first-order chi connectivity index (χ1) is 10.1. The first kappa shape index (κ1) is 16.1. The van der Waals surface area contributed by atoms with Gasteiger partial charge in [-0.05, 0) is 44.6 Å². The maximum Gasteiger partial charge on any atom is 0.251 e. The lowest BCUT2D eigenvalue weighted by molar-refractivity contribution is 0.0953. The highest BCUT2D eigenvalue weighted by molar-refractivity contribution is 8.00. The number of aromatic nitrogens is 1. The molecule has 0 spiro atoms. The van der Waals surface area contributed by atoms with Crippen molar-refractivity contribution in [2.75, 3.05) is 24.7 Å². The Morgan fingerprint density at radius 1 is 1.38 bits per heavy atom. The Bertz CT molecular complexity index is 476. The van der Waals surface area contributed by atoms with Gasteiger partial charge in [0.05, 0.1) is 0 Å².